The van der Waals surface area contributed by atoms with E-state index in [2.05, 4.69) is 31.1 Å². The molecule has 0 aliphatic carbocycles. The Bertz CT molecular complexity index is 3740. The molecule has 8 aromatic carbocycles. The van der Waals surface area contributed by atoms with Crippen LogP contribution in [0.2, 0.25) is 0 Å². The maximum absolute atomic E-state index is 12.7. The first-order chi connectivity index (χ1) is 34.8. The smallest absolute Gasteiger partial charge is 0.341 e. The zero-order valence-electron chi connectivity index (χ0n) is 38.1. The lowest BCUT2D eigenvalue weighted by atomic mass is 10.0. The van der Waals surface area contributed by atoms with Crippen LogP contribution >= 0.6 is 0 Å². The largest absolute Gasteiger partial charge is 0.505 e. The van der Waals surface area contributed by atoms with E-state index in [1.807, 2.05) is 0 Å². The fraction of sp³-hybridized carbons (Fsp3) is 0.0800. The molecular formula is C50H40N6O15S2. The summed E-state index contributed by atoms with van der Waals surface area (Å²) in [5.74, 6) is -2.42. The van der Waals surface area contributed by atoms with Gasteiger partial charge < -0.3 is 44.9 Å². The van der Waals surface area contributed by atoms with Gasteiger partial charge in [-0.3, -0.25) is 9.11 Å². The zero-order chi connectivity index (χ0) is 52.0. The van der Waals surface area contributed by atoms with Crippen LogP contribution in [0.15, 0.2) is 170 Å². The van der Waals surface area contributed by atoms with Crippen LogP contribution in [-0.4, -0.2) is 80.6 Å². The molecule has 7 N–H and O–H groups in total. The fourth-order valence-electron chi connectivity index (χ4n) is 7.31. The lowest BCUT2D eigenvalue weighted by Gasteiger charge is -2.13. The number of carboxylic acid groups (broad SMARTS) is 2. The van der Waals surface area contributed by atoms with Gasteiger partial charge in [0.15, 0.2) is 19.0 Å². The van der Waals surface area contributed by atoms with Crippen LogP contribution in [0.5, 0.6) is 28.7 Å². The topological polar surface area (TPSA) is 314 Å². The summed E-state index contributed by atoms with van der Waals surface area (Å²) < 4.78 is 92.7. The molecule has 0 bridgehead atoms. The quantitative estimate of drug-likeness (QED) is 0.0292. The molecule has 0 aliphatic heterocycles. The minimum atomic E-state index is -5.04. The number of phenolic OH excluding ortho intramolecular Hbond substituents is 1. The average Bonchev–Trinajstić information content (AvgIpc) is 3.36. The molecule has 0 saturated carbocycles. The predicted octanol–water partition coefficient (Wildman–Crippen LogP) is 11.1. The Balaban J connectivity index is 1.11. The molecule has 8 aromatic rings. The van der Waals surface area contributed by atoms with Gasteiger partial charge in [0.25, 0.3) is 20.2 Å². The van der Waals surface area contributed by atoms with Gasteiger partial charge >= 0.3 is 11.9 Å². The first-order valence-electron chi connectivity index (χ1n) is 21.3. The van der Waals surface area contributed by atoms with E-state index >= 15 is 0 Å². The molecule has 0 unspecified atom stereocenters. The number of nitrogens with zero attached hydrogens (tertiary/aromatic N) is 4. The van der Waals surface area contributed by atoms with Gasteiger partial charge in [0.2, 0.25) is 0 Å². The van der Waals surface area contributed by atoms with E-state index in [-0.39, 0.29) is 39.3 Å². The van der Waals surface area contributed by atoms with Gasteiger partial charge in [-0.25, -0.2) is 9.59 Å². The number of ether oxygens (including phenoxy) is 4. The molecule has 21 nitrogen and oxygen atoms in total. The highest BCUT2D eigenvalue weighted by Gasteiger charge is 2.23. The standard InChI is InChI=1S/C50H40N6O15S2/c1-68-37-12-7-33(8-13-37)51-35-6-3-28-21-42(45(72(62,63)64)24-31(28)19-35)55-53-40-17-4-29(22-43(40)70-26-47(57)58)30-5-18-41(44(23-30)71-27-48(59)60)54-56-49-46(73(65,66)67)25-32-20-36(11-16-39(32)50(49)61)52-34-9-14-38(69-2)15-10-34/h3-25,51-52,61H,26-27H2,1-2H3,(H,57,58)(H,59,60)(H,62,63,64)(H,65,66,67). The number of fused-ring (bicyclic) bond motifs is 2. The third-order valence-corrected chi connectivity index (χ3v) is 12.5. The summed E-state index contributed by atoms with van der Waals surface area (Å²) in [5, 5.41) is 54.4. The van der Waals surface area contributed by atoms with Crippen molar-refractivity contribution in [2.75, 3.05) is 38.1 Å². The van der Waals surface area contributed by atoms with Crippen LogP contribution in [0.3, 0.4) is 0 Å². The third kappa shape index (κ3) is 12.1. The second kappa shape index (κ2) is 21.1. The number of carboxylic acids is 2. The molecule has 0 fully saturated rings. The van der Waals surface area contributed by atoms with Gasteiger partial charge in [-0.1, -0.05) is 18.2 Å². The number of phenols is 1. The number of hydrogen-bond acceptors (Lipinski definition) is 17. The van der Waals surface area contributed by atoms with Gasteiger partial charge in [0, 0.05) is 28.1 Å². The average molecular weight is 1030 g/mol. The number of methoxy groups -OCH3 is 2. The Kier molecular flexibility index (Phi) is 14.5. The molecule has 73 heavy (non-hydrogen) atoms. The van der Waals surface area contributed by atoms with E-state index in [0.29, 0.717) is 50.5 Å². The minimum absolute atomic E-state index is 0.0623. The van der Waals surface area contributed by atoms with Crippen molar-refractivity contribution < 1.29 is 69.8 Å². The van der Waals surface area contributed by atoms with Crippen molar-refractivity contribution in [3.05, 3.63) is 140 Å². The van der Waals surface area contributed by atoms with E-state index in [4.69, 9.17) is 18.9 Å². The molecule has 0 amide bonds. The van der Waals surface area contributed by atoms with Crippen molar-refractivity contribution in [2.45, 2.75) is 9.79 Å². The van der Waals surface area contributed by atoms with Gasteiger partial charge in [-0.15, -0.1) is 20.5 Å². The first kappa shape index (κ1) is 50.2. The molecule has 0 radical (unpaired) electrons. The van der Waals surface area contributed by atoms with Crippen molar-refractivity contribution >= 4 is 99.2 Å². The first-order valence-corrected chi connectivity index (χ1v) is 24.2. The van der Waals surface area contributed by atoms with E-state index in [9.17, 15) is 50.8 Å². The van der Waals surface area contributed by atoms with Crippen LogP contribution in [0.4, 0.5) is 45.5 Å². The Labute approximate surface area is 415 Å². The summed E-state index contributed by atoms with van der Waals surface area (Å²) in [7, 11) is -6.83. The minimum Gasteiger partial charge on any atom is -0.505 e. The maximum Gasteiger partial charge on any atom is 0.341 e. The molecular weight excluding hydrogens is 989 g/mol. The summed E-state index contributed by atoms with van der Waals surface area (Å²) >= 11 is 0. The molecule has 8 rings (SSSR count). The molecule has 0 heterocycles. The summed E-state index contributed by atoms with van der Waals surface area (Å²) in [5.41, 5.74) is 2.07. The van der Waals surface area contributed by atoms with Crippen LogP contribution < -0.4 is 29.6 Å². The summed E-state index contributed by atoms with van der Waals surface area (Å²) in [6.07, 6.45) is 0. The summed E-state index contributed by atoms with van der Waals surface area (Å²) in [4.78, 5) is 21.9. The zero-order valence-corrected chi connectivity index (χ0v) is 39.8. The summed E-state index contributed by atoms with van der Waals surface area (Å²) in [6.45, 7) is -1.71. The Morgan fingerprint density at radius 1 is 0.493 bits per heavy atom. The van der Waals surface area contributed by atoms with E-state index in [1.54, 1.807) is 86.0 Å². The van der Waals surface area contributed by atoms with Gasteiger partial charge in [-0.05, 0) is 149 Å². The van der Waals surface area contributed by atoms with Crippen LogP contribution in [-0.2, 0) is 29.8 Å². The normalized spacial score (nSPS) is 11.8. The second-order valence-corrected chi connectivity index (χ2v) is 18.5. The Hall–Kier alpha value is -9.16. The highest BCUT2D eigenvalue weighted by molar-refractivity contribution is 7.86. The summed E-state index contributed by atoms with van der Waals surface area (Å²) in [6, 6.07) is 36.0. The van der Waals surface area contributed by atoms with Gasteiger partial charge in [0.1, 0.15) is 55.5 Å². The molecule has 0 saturated heterocycles. The predicted molar refractivity (Wildman–Crippen MR) is 268 cm³/mol. The molecule has 0 spiro atoms. The van der Waals surface area contributed by atoms with Crippen LogP contribution in [0.25, 0.3) is 32.7 Å². The monoisotopic (exact) mass is 1030 g/mol. The fourth-order valence-corrected chi connectivity index (χ4v) is 8.60. The number of benzene rings is 8. The number of aromatic hydroxyl groups is 1. The lowest BCUT2D eigenvalue weighted by molar-refractivity contribution is -0.140. The molecule has 23 heteroatoms. The molecule has 0 aliphatic rings. The molecule has 372 valence electrons. The van der Waals surface area contributed by atoms with Crippen molar-refractivity contribution in [2.24, 2.45) is 20.5 Å². The van der Waals surface area contributed by atoms with Crippen molar-refractivity contribution in [3.63, 3.8) is 0 Å². The van der Waals surface area contributed by atoms with Crippen LogP contribution in [0.1, 0.15) is 0 Å². The highest BCUT2D eigenvalue weighted by atomic mass is 32.2. The number of azo groups is 2. The van der Waals surface area contributed by atoms with Gasteiger partial charge in [0.05, 0.1) is 14.2 Å². The number of hydrogen-bond donors (Lipinski definition) is 7. The Morgan fingerprint density at radius 2 is 0.945 bits per heavy atom. The van der Waals surface area contributed by atoms with Gasteiger partial charge in [-0.2, -0.15) is 16.8 Å². The number of rotatable bonds is 19. The van der Waals surface area contributed by atoms with Crippen molar-refractivity contribution in [1.29, 1.82) is 0 Å². The third-order valence-electron chi connectivity index (χ3n) is 10.8. The molecule has 0 aromatic heterocycles. The number of aliphatic carboxylic acids is 2. The lowest BCUT2D eigenvalue weighted by Crippen LogP contribution is -2.09. The number of anilines is 4. The Morgan fingerprint density at radius 3 is 1.44 bits per heavy atom. The number of carbonyl (C=O) groups is 2. The number of nitrogens with one attached hydrogen (secondary N) is 2. The van der Waals surface area contributed by atoms with E-state index in [0.717, 1.165) is 11.8 Å². The van der Waals surface area contributed by atoms with E-state index < -0.39 is 66.6 Å². The van der Waals surface area contributed by atoms with Crippen molar-refractivity contribution in [3.8, 4) is 39.9 Å². The van der Waals surface area contributed by atoms with Crippen LogP contribution in [0, 0.1) is 0 Å². The van der Waals surface area contributed by atoms with Crippen molar-refractivity contribution in [1.82, 2.24) is 0 Å². The SMILES string of the molecule is COc1ccc(Nc2ccc3cc(N=Nc4ccc(-c5ccc(N=Nc6c(S(=O)(=O)O)cc7cc(Nc8ccc(OC)cc8)ccc7c6O)c(OCC(=O)O)c5)cc4OCC(=O)O)c(S(=O)(=O)O)cc3c2)cc1. The molecule has 0 atom stereocenters. The maximum atomic E-state index is 12.7. The van der Waals surface area contributed by atoms with E-state index in [1.165, 1.54) is 61.7 Å². The highest BCUT2D eigenvalue weighted by Crippen LogP contribution is 2.44. The second-order valence-electron chi connectivity index (χ2n) is 15.7.